The Morgan fingerprint density at radius 2 is 1.52 bits per heavy atom. The quantitative estimate of drug-likeness (QED) is 0.0976. The van der Waals surface area contributed by atoms with E-state index in [1.807, 2.05) is 67.5 Å². The molecule has 0 aliphatic carbocycles. The molecule has 0 unspecified atom stereocenters. The first-order valence-electron chi connectivity index (χ1n) is 15.2. The first-order valence-corrected chi connectivity index (χ1v) is 15.2. The lowest BCUT2D eigenvalue weighted by Gasteiger charge is -2.34. The summed E-state index contributed by atoms with van der Waals surface area (Å²) in [5, 5.41) is 3.39. The summed E-state index contributed by atoms with van der Waals surface area (Å²) in [6.45, 7) is 11.5. The van der Waals surface area contributed by atoms with E-state index < -0.39 is 17.7 Å². The fraction of sp³-hybridized carbons (Fsp3) is 0.529. The number of rotatable bonds is 16. The van der Waals surface area contributed by atoms with Gasteiger partial charge in [-0.15, -0.1) is 0 Å². The van der Waals surface area contributed by atoms with Gasteiger partial charge < -0.3 is 29.3 Å². The van der Waals surface area contributed by atoms with Gasteiger partial charge in [-0.05, 0) is 60.7 Å². The first-order chi connectivity index (χ1) is 20.0. The van der Waals surface area contributed by atoms with Crippen LogP contribution in [-0.4, -0.2) is 49.9 Å². The molecule has 2 aromatic rings. The highest BCUT2D eigenvalue weighted by atomic mass is 16.7. The van der Waals surface area contributed by atoms with Crippen molar-refractivity contribution >= 4 is 23.3 Å². The topological polar surface area (TPSA) is 80.3 Å². The van der Waals surface area contributed by atoms with Gasteiger partial charge in [0.2, 0.25) is 0 Å². The molecule has 0 spiro atoms. The number of ether oxygens (including phenoxy) is 3. The van der Waals surface area contributed by atoms with Crippen molar-refractivity contribution < 1.29 is 23.8 Å². The zero-order chi connectivity index (χ0) is 30.7. The van der Waals surface area contributed by atoms with Crippen molar-refractivity contribution in [3.05, 3.63) is 65.5 Å². The van der Waals surface area contributed by atoms with E-state index >= 15 is 0 Å². The first kappa shape index (κ1) is 32.8. The lowest BCUT2D eigenvalue weighted by molar-refractivity contribution is -0.222. The van der Waals surface area contributed by atoms with E-state index in [4.69, 9.17) is 14.2 Å². The Morgan fingerprint density at radius 1 is 0.905 bits per heavy atom. The standard InChI is InChI=1S/C34H49N3O5/c1-8-9-10-11-12-22-37(24-26-13-19-29(20-14-26)40-23-21-25(2)3)31(30-32(38)41-34(4,5)42-33(30)39)35-27-15-17-28(18-16-27)36(6)7/h13-20,25,35H,8-12,21-24H2,1-7H3. The predicted molar refractivity (Wildman–Crippen MR) is 168 cm³/mol. The number of hydrogen-bond donors (Lipinski definition) is 1. The molecule has 1 heterocycles. The minimum atomic E-state index is -1.33. The van der Waals surface area contributed by atoms with E-state index in [0.29, 0.717) is 31.4 Å². The zero-order valence-corrected chi connectivity index (χ0v) is 26.5. The van der Waals surface area contributed by atoms with Crippen LogP contribution in [-0.2, 0) is 25.6 Å². The molecule has 230 valence electrons. The second-order valence-electron chi connectivity index (χ2n) is 12.0. The molecule has 2 aromatic carbocycles. The summed E-state index contributed by atoms with van der Waals surface area (Å²) in [5.41, 5.74) is 2.68. The normalized spacial score (nSPS) is 14.3. The van der Waals surface area contributed by atoms with Gasteiger partial charge in [-0.25, -0.2) is 9.59 Å². The SMILES string of the molecule is CCCCCCCN(Cc1ccc(OCCC(C)C)cc1)C(Nc1ccc(N(C)C)cc1)=C1C(=O)OC(C)(C)OC1=O. The van der Waals surface area contributed by atoms with Crippen LogP contribution in [0.2, 0.25) is 0 Å². The number of carbonyl (C=O) groups is 2. The average molecular weight is 580 g/mol. The Morgan fingerprint density at radius 3 is 2.10 bits per heavy atom. The highest BCUT2D eigenvalue weighted by molar-refractivity contribution is 6.16. The van der Waals surface area contributed by atoms with Gasteiger partial charge in [0.25, 0.3) is 5.79 Å². The van der Waals surface area contributed by atoms with E-state index in [-0.39, 0.29) is 5.57 Å². The van der Waals surface area contributed by atoms with Crippen molar-refractivity contribution in [3.63, 3.8) is 0 Å². The number of nitrogens with zero attached hydrogens (tertiary/aromatic N) is 2. The third-order valence-corrected chi connectivity index (χ3v) is 7.08. The number of anilines is 2. The molecule has 0 bridgehead atoms. The lowest BCUT2D eigenvalue weighted by Crippen LogP contribution is -2.44. The van der Waals surface area contributed by atoms with Crippen molar-refractivity contribution in [2.24, 2.45) is 5.92 Å². The van der Waals surface area contributed by atoms with Gasteiger partial charge in [0, 0.05) is 52.4 Å². The van der Waals surface area contributed by atoms with Crippen LogP contribution in [0.3, 0.4) is 0 Å². The summed E-state index contributed by atoms with van der Waals surface area (Å²) in [6.07, 6.45) is 6.42. The molecule has 1 saturated heterocycles. The van der Waals surface area contributed by atoms with Crippen LogP contribution in [0.5, 0.6) is 5.75 Å². The average Bonchev–Trinajstić information content (AvgIpc) is 2.91. The van der Waals surface area contributed by atoms with Gasteiger partial charge in [0.1, 0.15) is 11.6 Å². The monoisotopic (exact) mass is 579 g/mol. The predicted octanol–water partition coefficient (Wildman–Crippen LogP) is 7.11. The maximum atomic E-state index is 13.3. The number of esters is 2. The Hall–Kier alpha value is -3.68. The van der Waals surface area contributed by atoms with Crippen LogP contribution < -0.4 is 15.0 Å². The van der Waals surface area contributed by atoms with Crippen molar-refractivity contribution in [1.29, 1.82) is 0 Å². The molecular weight excluding hydrogens is 530 g/mol. The number of nitrogens with one attached hydrogen (secondary N) is 1. The van der Waals surface area contributed by atoms with Crippen molar-refractivity contribution in [3.8, 4) is 5.75 Å². The third-order valence-electron chi connectivity index (χ3n) is 7.08. The maximum absolute atomic E-state index is 13.3. The summed E-state index contributed by atoms with van der Waals surface area (Å²) in [5.74, 6) is -0.943. The molecule has 42 heavy (non-hydrogen) atoms. The minimum absolute atomic E-state index is 0.131. The van der Waals surface area contributed by atoms with Crippen LogP contribution in [0.4, 0.5) is 11.4 Å². The molecular formula is C34H49N3O5. The van der Waals surface area contributed by atoms with Crippen LogP contribution in [0.15, 0.2) is 59.9 Å². The Kier molecular flexibility index (Phi) is 12.1. The molecule has 3 rings (SSSR count). The number of benzene rings is 2. The zero-order valence-electron chi connectivity index (χ0n) is 26.5. The number of cyclic esters (lactones) is 2. The molecule has 8 nitrogen and oxygen atoms in total. The maximum Gasteiger partial charge on any atom is 0.352 e. The lowest BCUT2D eigenvalue weighted by atomic mass is 10.1. The summed E-state index contributed by atoms with van der Waals surface area (Å²) in [4.78, 5) is 30.6. The summed E-state index contributed by atoms with van der Waals surface area (Å²) in [6, 6.07) is 15.8. The largest absolute Gasteiger partial charge is 0.494 e. The molecule has 1 fully saturated rings. The van der Waals surface area contributed by atoms with Crippen LogP contribution in [0.1, 0.15) is 78.7 Å². The highest BCUT2D eigenvalue weighted by Crippen LogP contribution is 2.29. The van der Waals surface area contributed by atoms with E-state index in [1.165, 1.54) is 6.42 Å². The van der Waals surface area contributed by atoms with Gasteiger partial charge in [-0.3, -0.25) is 0 Å². The molecule has 0 radical (unpaired) electrons. The summed E-state index contributed by atoms with van der Waals surface area (Å²) >= 11 is 0. The second-order valence-corrected chi connectivity index (χ2v) is 12.0. The minimum Gasteiger partial charge on any atom is -0.494 e. The molecule has 1 N–H and O–H groups in total. The van der Waals surface area contributed by atoms with E-state index in [1.54, 1.807) is 13.8 Å². The molecule has 0 amide bonds. The summed E-state index contributed by atoms with van der Waals surface area (Å²) in [7, 11) is 3.96. The highest BCUT2D eigenvalue weighted by Gasteiger charge is 2.42. The second kappa shape index (κ2) is 15.5. The van der Waals surface area contributed by atoms with Crippen LogP contribution in [0, 0.1) is 5.92 Å². The molecule has 0 aromatic heterocycles. The number of hydrogen-bond acceptors (Lipinski definition) is 8. The number of unbranched alkanes of at least 4 members (excludes halogenated alkanes) is 4. The molecule has 0 atom stereocenters. The fourth-order valence-electron chi connectivity index (χ4n) is 4.63. The molecule has 1 aliphatic rings. The van der Waals surface area contributed by atoms with Crippen LogP contribution in [0.25, 0.3) is 0 Å². The number of carbonyl (C=O) groups excluding carboxylic acids is 2. The van der Waals surface area contributed by atoms with Crippen molar-refractivity contribution in [2.75, 3.05) is 37.5 Å². The van der Waals surface area contributed by atoms with E-state index in [2.05, 4.69) is 31.0 Å². The molecule has 1 aliphatic heterocycles. The molecule has 0 saturated carbocycles. The van der Waals surface area contributed by atoms with E-state index in [0.717, 1.165) is 54.8 Å². The van der Waals surface area contributed by atoms with Crippen molar-refractivity contribution in [2.45, 2.75) is 85.5 Å². The summed E-state index contributed by atoms with van der Waals surface area (Å²) < 4.78 is 17.0. The molecule has 8 heteroatoms. The van der Waals surface area contributed by atoms with Gasteiger partial charge in [-0.2, -0.15) is 0 Å². The van der Waals surface area contributed by atoms with Crippen LogP contribution >= 0.6 is 0 Å². The fourth-order valence-corrected chi connectivity index (χ4v) is 4.63. The van der Waals surface area contributed by atoms with Gasteiger partial charge >= 0.3 is 11.9 Å². The van der Waals surface area contributed by atoms with E-state index in [9.17, 15) is 9.59 Å². The smallest absolute Gasteiger partial charge is 0.352 e. The Balaban J connectivity index is 1.96. The van der Waals surface area contributed by atoms with Gasteiger partial charge in [0.05, 0.1) is 6.61 Å². The van der Waals surface area contributed by atoms with Gasteiger partial charge in [-0.1, -0.05) is 58.6 Å². The Bertz CT molecular complexity index is 1160. The Labute approximate surface area is 252 Å². The van der Waals surface area contributed by atoms with Gasteiger partial charge in [0.15, 0.2) is 5.57 Å². The van der Waals surface area contributed by atoms with Crippen molar-refractivity contribution in [1.82, 2.24) is 4.90 Å². The third kappa shape index (κ3) is 10.00.